The average molecular weight is 404 g/mol. The number of aryl methyl sites for hydroxylation is 2. The molecular weight excluding hydrogens is 378 g/mol. The highest BCUT2D eigenvalue weighted by Crippen LogP contribution is 2.30. The van der Waals surface area contributed by atoms with Crippen LogP contribution in [-0.2, 0) is 24.2 Å². The minimum atomic E-state index is -2.90. The molecule has 0 aromatic heterocycles. The number of amides is 1. The first kappa shape index (κ1) is 21.0. The fraction of sp³-hybridized carbons (Fsp3) is 0.409. The van der Waals surface area contributed by atoms with E-state index in [2.05, 4.69) is 22.2 Å². The van der Waals surface area contributed by atoms with Crippen LogP contribution < -0.4 is 14.8 Å². The molecular formula is C22H26F2N2O3. The van der Waals surface area contributed by atoms with Crippen molar-refractivity contribution >= 4 is 11.6 Å². The molecule has 0 atom stereocenters. The summed E-state index contributed by atoms with van der Waals surface area (Å²) in [5.41, 5.74) is 4.43. The van der Waals surface area contributed by atoms with Gasteiger partial charge in [-0.2, -0.15) is 8.78 Å². The molecule has 0 radical (unpaired) electrons. The maximum absolute atomic E-state index is 12.4. The number of hydrogen-bond acceptors (Lipinski definition) is 4. The number of fused-ring (bicyclic) bond motifs is 1. The molecule has 0 heterocycles. The van der Waals surface area contributed by atoms with E-state index in [-0.39, 0.29) is 17.4 Å². The Morgan fingerprint density at radius 1 is 1.14 bits per heavy atom. The Morgan fingerprint density at radius 3 is 2.69 bits per heavy atom. The number of anilines is 1. The molecule has 0 unspecified atom stereocenters. The predicted octanol–water partition coefficient (Wildman–Crippen LogP) is 4.25. The van der Waals surface area contributed by atoms with E-state index >= 15 is 0 Å². The molecule has 156 valence electrons. The highest BCUT2D eigenvalue weighted by atomic mass is 19.3. The van der Waals surface area contributed by atoms with E-state index in [1.807, 2.05) is 18.0 Å². The number of methoxy groups -OCH3 is 1. The SMILES string of the molecule is COc1cc(CN(C)CCC(=O)Nc2ccc3c(c2)CCC3)ccc1OC(F)F. The Hall–Kier alpha value is -2.67. The monoisotopic (exact) mass is 404 g/mol. The van der Waals surface area contributed by atoms with Gasteiger partial charge in [-0.15, -0.1) is 0 Å². The maximum Gasteiger partial charge on any atom is 0.387 e. The van der Waals surface area contributed by atoms with E-state index in [4.69, 9.17) is 4.74 Å². The van der Waals surface area contributed by atoms with E-state index in [1.165, 1.54) is 30.7 Å². The van der Waals surface area contributed by atoms with Gasteiger partial charge in [0, 0.05) is 25.2 Å². The lowest BCUT2D eigenvalue weighted by Gasteiger charge is -2.18. The Kier molecular flexibility index (Phi) is 7.04. The highest BCUT2D eigenvalue weighted by Gasteiger charge is 2.14. The summed E-state index contributed by atoms with van der Waals surface area (Å²) in [6, 6.07) is 11.0. The third-order valence-electron chi connectivity index (χ3n) is 5.00. The summed E-state index contributed by atoms with van der Waals surface area (Å²) >= 11 is 0. The van der Waals surface area contributed by atoms with Gasteiger partial charge < -0.3 is 19.7 Å². The van der Waals surface area contributed by atoms with Crippen LogP contribution >= 0.6 is 0 Å². The van der Waals surface area contributed by atoms with Crippen LogP contribution in [0.15, 0.2) is 36.4 Å². The molecule has 0 bridgehead atoms. The zero-order chi connectivity index (χ0) is 20.8. The number of ether oxygens (including phenoxy) is 2. The summed E-state index contributed by atoms with van der Waals surface area (Å²) in [4.78, 5) is 14.3. The molecule has 1 aliphatic rings. The first-order chi connectivity index (χ1) is 13.9. The van der Waals surface area contributed by atoms with Crippen molar-refractivity contribution in [3.05, 3.63) is 53.1 Å². The van der Waals surface area contributed by atoms with Gasteiger partial charge in [-0.25, -0.2) is 0 Å². The summed E-state index contributed by atoms with van der Waals surface area (Å²) in [5, 5.41) is 2.96. The Labute approximate surface area is 169 Å². The molecule has 29 heavy (non-hydrogen) atoms. The molecule has 0 spiro atoms. The second kappa shape index (κ2) is 9.69. The average Bonchev–Trinajstić information content (AvgIpc) is 3.15. The molecule has 2 aromatic rings. The van der Waals surface area contributed by atoms with Crippen LogP contribution in [0.1, 0.15) is 29.5 Å². The molecule has 0 saturated heterocycles. The second-order valence-corrected chi connectivity index (χ2v) is 7.24. The van der Waals surface area contributed by atoms with Gasteiger partial charge in [-0.05, 0) is 67.3 Å². The van der Waals surface area contributed by atoms with E-state index in [0.717, 1.165) is 24.1 Å². The van der Waals surface area contributed by atoms with Crippen molar-refractivity contribution in [1.82, 2.24) is 4.90 Å². The molecule has 0 aliphatic heterocycles. The molecule has 3 rings (SSSR count). The van der Waals surface area contributed by atoms with Crippen molar-refractivity contribution in [2.45, 2.75) is 38.8 Å². The van der Waals surface area contributed by atoms with Crippen molar-refractivity contribution in [3.63, 3.8) is 0 Å². The molecule has 1 amide bonds. The fourth-order valence-electron chi connectivity index (χ4n) is 3.56. The summed E-state index contributed by atoms with van der Waals surface area (Å²) in [6.07, 6.45) is 3.73. The molecule has 0 fully saturated rings. The van der Waals surface area contributed by atoms with Crippen molar-refractivity contribution in [2.75, 3.05) is 26.0 Å². The molecule has 1 N–H and O–H groups in total. The van der Waals surface area contributed by atoms with Crippen LogP contribution in [0.4, 0.5) is 14.5 Å². The standard InChI is InChI=1S/C22H26F2N2O3/c1-26(14-15-6-9-19(29-22(23)24)20(12-15)28-2)11-10-21(27)25-18-8-7-16-4-3-5-17(16)13-18/h6-9,12-13,22H,3-5,10-11,14H2,1-2H3,(H,25,27). The number of alkyl halides is 2. The number of carbonyl (C=O) groups is 1. The van der Waals surface area contributed by atoms with Gasteiger partial charge in [0.25, 0.3) is 0 Å². The number of rotatable bonds is 9. The predicted molar refractivity (Wildman–Crippen MR) is 108 cm³/mol. The highest BCUT2D eigenvalue weighted by molar-refractivity contribution is 5.91. The van der Waals surface area contributed by atoms with Gasteiger partial charge >= 0.3 is 6.61 Å². The fourth-order valence-corrected chi connectivity index (χ4v) is 3.56. The largest absolute Gasteiger partial charge is 0.493 e. The second-order valence-electron chi connectivity index (χ2n) is 7.24. The van der Waals surface area contributed by atoms with Crippen molar-refractivity contribution < 1.29 is 23.0 Å². The van der Waals surface area contributed by atoms with Gasteiger partial charge in [-0.1, -0.05) is 12.1 Å². The van der Waals surface area contributed by atoms with Gasteiger partial charge in [-0.3, -0.25) is 4.79 Å². The molecule has 0 saturated carbocycles. The third kappa shape index (κ3) is 5.90. The van der Waals surface area contributed by atoms with Crippen LogP contribution in [0, 0.1) is 0 Å². The third-order valence-corrected chi connectivity index (χ3v) is 5.00. The van der Waals surface area contributed by atoms with E-state index in [9.17, 15) is 13.6 Å². The van der Waals surface area contributed by atoms with Crippen LogP contribution in [-0.4, -0.2) is 38.1 Å². The van der Waals surface area contributed by atoms with Crippen molar-refractivity contribution in [3.8, 4) is 11.5 Å². The van der Waals surface area contributed by atoms with Crippen LogP contribution in [0.5, 0.6) is 11.5 Å². The summed E-state index contributed by atoms with van der Waals surface area (Å²) in [7, 11) is 3.31. The zero-order valence-electron chi connectivity index (χ0n) is 16.7. The Balaban J connectivity index is 1.49. The van der Waals surface area contributed by atoms with Gasteiger partial charge in [0.05, 0.1) is 7.11 Å². The topological polar surface area (TPSA) is 50.8 Å². The lowest BCUT2D eigenvalue weighted by Crippen LogP contribution is -2.24. The smallest absolute Gasteiger partial charge is 0.387 e. The van der Waals surface area contributed by atoms with E-state index in [1.54, 1.807) is 12.1 Å². The normalized spacial score (nSPS) is 12.9. The lowest BCUT2D eigenvalue weighted by atomic mass is 10.1. The van der Waals surface area contributed by atoms with Crippen LogP contribution in [0.3, 0.4) is 0 Å². The van der Waals surface area contributed by atoms with Crippen molar-refractivity contribution in [1.29, 1.82) is 0 Å². The minimum Gasteiger partial charge on any atom is -0.493 e. The first-order valence-electron chi connectivity index (χ1n) is 9.66. The van der Waals surface area contributed by atoms with Gasteiger partial charge in [0.2, 0.25) is 5.91 Å². The number of carbonyl (C=O) groups excluding carboxylic acids is 1. The minimum absolute atomic E-state index is 0.00243. The molecule has 1 aliphatic carbocycles. The Bertz CT molecular complexity index is 858. The van der Waals surface area contributed by atoms with Crippen LogP contribution in [0.2, 0.25) is 0 Å². The Morgan fingerprint density at radius 2 is 1.93 bits per heavy atom. The number of benzene rings is 2. The summed E-state index contributed by atoms with van der Waals surface area (Å²) < 4.78 is 34.4. The van der Waals surface area contributed by atoms with Gasteiger partial charge in [0.1, 0.15) is 0 Å². The number of hydrogen-bond donors (Lipinski definition) is 1. The molecule has 7 heteroatoms. The van der Waals surface area contributed by atoms with E-state index in [0.29, 0.717) is 19.5 Å². The first-order valence-corrected chi connectivity index (χ1v) is 9.66. The quantitative estimate of drug-likeness (QED) is 0.679. The number of nitrogens with one attached hydrogen (secondary N) is 1. The number of halogens is 2. The molecule has 2 aromatic carbocycles. The number of nitrogens with zero attached hydrogens (tertiary/aromatic N) is 1. The molecule has 5 nitrogen and oxygen atoms in total. The summed E-state index contributed by atoms with van der Waals surface area (Å²) in [5.74, 6) is 0.223. The van der Waals surface area contributed by atoms with Crippen LogP contribution in [0.25, 0.3) is 0 Å². The van der Waals surface area contributed by atoms with E-state index < -0.39 is 6.61 Å². The summed E-state index contributed by atoms with van der Waals surface area (Å²) in [6.45, 7) is -1.78. The lowest BCUT2D eigenvalue weighted by molar-refractivity contribution is -0.116. The zero-order valence-corrected chi connectivity index (χ0v) is 16.7. The maximum atomic E-state index is 12.4. The van der Waals surface area contributed by atoms with Gasteiger partial charge in [0.15, 0.2) is 11.5 Å². The van der Waals surface area contributed by atoms with Crippen molar-refractivity contribution in [2.24, 2.45) is 0 Å².